The highest BCUT2D eigenvalue weighted by Gasteiger charge is 2.24. The molecular formula is C27H19F5N2O. The van der Waals surface area contributed by atoms with Crippen molar-refractivity contribution in [2.24, 2.45) is 5.92 Å². The Morgan fingerprint density at radius 3 is 2.49 bits per heavy atom. The number of hydrogen-bond acceptors (Lipinski definition) is 3. The summed E-state index contributed by atoms with van der Waals surface area (Å²) in [7, 11) is 0. The zero-order chi connectivity index (χ0) is 25.0. The number of ether oxygens (including phenoxy) is 1. The van der Waals surface area contributed by atoms with Gasteiger partial charge in [0.05, 0.1) is 18.3 Å². The second-order valence-corrected chi connectivity index (χ2v) is 8.11. The highest BCUT2D eigenvalue weighted by atomic mass is 19.4. The first-order valence-electron chi connectivity index (χ1n) is 10.8. The van der Waals surface area contributed by atoms with Gasteiger partial charge in [-0.2, -0.15) is 13.2 Å². The maximum absolute atomic E-state index is 14.6. The molecule has 2 unspecified atom stereocenters. The van der Waals surface area contributed by atoms with Gasteiger partial charge in [-0.25, -0.2) is 18.7 Å². The summed E-state index contributed by atoms with van der Waals surface area (Å²) >= 11 is 0. The van der Waals surface area contributed by atoms with Crippen LogP contribution in [0.2, 0.25) is 0 Å². The minimum atomic E-state index is -4.86. The highest BCUT2D eigenvalue weighted by Crippen LogP contribution is 2.31. The monoisotopic (exact) mass is 482 g/mol. The molecular weight excluding hydrogens is 463 g/mol. The van der Waals surface area contributed by atoms with Crippen LogP contribution in [0.5, 0.6) is 0 Å². The van der Waals surface area contributed by atoms with Crippen LogP contribution in [0.1, 0.15) is 47.9 Å². The summed E-state index contributed by atoms with van der Waals surface area (Å²) < 4.78 is 71.6. The Kier molecular flexibility index (Phi) is 7.14. The largest absolute Gasteiger partial charge is 0.458 e. The van der Waals surface area contributed by atoms with Crippen molar-refractivity contribution in [2.75, 3.05) is 6.61 Å². The Bertz CT molecular complexity index is 1370. The number of aromatic nitrogens is 2. The van der Waals surface area contributed by atoms with E-state index in [9.17, 15) is 22.0 Å². The molecule has 35 heavy (non-hydrogen) atoms. The van der Waals surface area contributed by atoms with E-state index in [0.29, 0.717) is 18.1 Å². The summed E-state index contributed by atoms with van der Waals surface area (Å²) in [4.78, 5) is 8.52. The average molecular weight is 482 g/mol. The first-order valence-corrected chi connectivity index (χ1v) is 10.8. The van der Waals surface area contributed by atoms with Crippen molar-refractivity contribution in [1.82, 2.24) is 9.97 Å². The van der Waals surface area contributed by atoms with Gasteiger partial charge in [0.15, 0.2) is 0 Å². The molecule has 0 amide bonds. The van der Waals surface area contributed by atoms with E-state index in [4.69, 9.17) is 4.74 Å². The van der Waals surface area contributed by atoms with Gasteiger partial charge in [0.2, 0.25) is 5.82 Å². The lowest BCUT2D eigenvalue weighted by Gasteiger charge is -2.28. The van der Waals surface area contributed by atoms with Gasteiger partial charge in [-0.05, 0) is 54.7 Å². The normalized spacial score (nSPS) is 17.7. The third kappa shape index (κ3) is 6.03. The summed E-state index contributed by atoms with van der Waals surface area (Å²) in [6, 6.07) is 5.15. The molecule has 0 radical (unpaired) electrons. The van der Waals surface area contributed by atoms with E-state index in [-0.39, 0.29) is 22.7 Å². The number of benzene rings is 2. The van der Waals surface area contributed by atoms with Crippen molar-refractivity contribution in [3.63, 3.8) is 0 Å². The third-order valence-corrected chi connectivity index (χ3v) is 5.59. The lowest BCUT2D eigenvalue weighted by Crippen LogP contribution is -2.20. The number of nitrogens with zero attached hydrogens (tertiary/aromatic N) is 2. The van der Waals surface area contributed by atoms with Crippen molar-refractivity contribution < 1.29 is 26.7 Å². The molecule has 0 saturated carbocycles. The van der Waals surface area contributed by atoms with Gasteiger partial charge in [-0.15, -0.1) is 6.58 Å². The second-order valence-electron chi connectivity index (χ2n) is 8.11. The van der Waals surface area contributed by atoms with E-state index in [1.807, 2.05) is 6.08 Å². The predicted molar refractivity (Wildman–Crippen MR) is 121 cm³/mol. The molecule has 8 heteroatoms. The number of hydrogen-bond donors (Lipinski definition) is 0. The minimum Gasteiger partial charge on any atom is -0.373 e. The third-order valence-electron chi connectivity index (χ3n) is 5.59. The zero-order valence-electron chi connectivity index (χ0n) is 18.4. The van der Waals surface area contributed by atoms with Crippen LogP contribution in [-0.4, -0.2) is 22.8 Å². The van der Waals surface area contributed by atoms with E-state index in [1.165, 1.54) is 24.1 Å². The fourth-order valence-corrected chi connectivity index (χ4v) is 3.84. The molecule has 4 rings (SSSR count). The number of rotatable bonds is 3. The number of allylic oxidation sites excluding steroid dienone is 1. The molecule has 1 fully saturated rings. The van der Waals surface area contributed by atoms with E-state index >= 15 is 0 Å². The van der Waals surface area contributed by atoms with E-state index in [1.54, 1.807) is 12.4 Å². The fraction of sp³-hybridized carbons (Fsp3) is 0.259. The Balaban J connectivity index is 1.51. The first kappa shape index (κ1) is 24.4. The second kappa shape index (κ2) is 10.2. The van der Waals surface area contributed by atoms with Crippen LogP contribution in [0.25, 0.3) is 10.8 Å². The van der Waals surface area contributed by atoms with Gasteiger partial charge in [-0.1, -0.05) is 24.0 Å². The molecule has 0 bridgehead atoms. The van der Waals surface area contributed by atoms with Gasteiger partial charge in [0, 0.05) is 34.8 Å². The number of alkyl halides is 3. The molecule has 2 aromatic carbocycles. The molecule has 1 aromatic heterocycles. The molecule has 1 saturated heterocycles. The molecule has 0 spiro atoms. The van der Waals surface area contributed by atoms with Crippen LogP contribution in [0, 0.1) is 41.2 Å². The number of halogens is 5. The summed E-state index contributed by atoms with van der Waals surface area (Å²) in [5, 5.41) is 0.0802. The maximum atomic E-state index is 14.6. The van der Waals surface area contributed by atoms with Gasteiger partial charge in [0.25, 0.3) is 0 Å². The molecule has 0 N–H and O–H groups in total. The lowest BCUT2D eigenvalue weighted by atomic mass is 9.93. The number of fused-ring (bicyclic) bond motifs is 1. The van der Waals surface area contributed by atoms with Gasteiger partial charge < -0.3 is 4.74 Å². The average Bonchev–Trinajstić information content (AvgIpc) is 2.83. The van der Waals surface area contributed by atoms with Crippen LogP contribution in [0.4, 0.5) is 22.0 Å². The standard InChI is InChI=1S/C27H19F5N2O/c1-2-3-18-5-8-24(35-16-18)20-14-33-25(34-15-20)9-6-17-4-7-21-19(12-17)13-23(28)22(26(21)29)10-11-27(30,31)32/h2,4,7,12-15,18,24H,1,3,5,8,16H2. The molecule has 2 atom stereocenters. The van der Waals surface area contributed by atoms with Crippen LogP contribution >= 0.6 is 0 Å². The van der Waals surface area contributed by atoms with Crippen molar-refractivity contribution in [2.45, 2.75) is 31.5 Å². The predicted octanol–water partition coefficient (Wildman–Crippen LogP) is 6.27. The first-order chi connectivity index (χ1) is 16.7. The van der Waals surface area contributed by atoms with E-state index in [0.717, 1.165) is 36.8 Å². The van der Waals surface area contributed by atoms with Gasteiger partial charge >= 0.3 is 6.18 Å². The quantitative estimate of drug-likeness (QED) is 0.251. The van der Waals surface area contributed by atoms with Crippen LogP contribution in [0.15, 0.2) is 49.3 Å². The van der Waals surface area contributed by atoms with Gasteiger partial charge in [0.1, 0.15) is 11.6 Å². The van der Waals surface area contributed by atoms with Crippen molar-refractivity contribution in [1.29, 1.82) is 0 Å². The van der Waals surface area contributed by atoms with Crippen LogP contribution < -0.4 is 0 Å². The Hall–Kier alpha value is -3.75. The van der Waals surface area contributed by atoms with Crippen molar-refractivity contribution >= 4 is 10.8 Å². The molecule has 0 aliphatic carbocycles. The van der Waals surface area contributed by atoms with Crippen LogP contribution in [-0.2, 0) is 4.74 Å². The zero-order valence-corrected chi connectivity index (χ0v) is 18.4. The topological polar surface area (TPSA) is 35.0 Å². The SMILES string of the molecule is C=CCC1CCC(c2cnc(C#Cc3ccc4c(F)c(C#CC(F)(F)F)c(F)cc4c3)nc2)OC1. The molecule has 1 aliphatic rings. The van der Waals surface area contributed by atoms with E-state index in [2.05, 4.69) is 28.4 Å². The molecule has 2 heterocycles. The summed E-state index contributed by atoms with van der Waals surface area (Å²) in [6.07, 6.45) is 3.17. The Labute approximate surface area is 199 Å². The maximum Gasteiger partial charge on any atom is 0.458 e. The van der Waals surface area contributed by atoms with Crippen LogP contribution in [0.3, 0.4) is 0 Å². The summed E-state index contributed by atoms with van der Waals surface area (Å²) in [5.74, 6) is 6.46. The molecule has 178 valence electrons. The summed E-state index contributed by atoms with van der Waals surface area (Å²) in [6.45, 7) is 4.42. The smallest absolute Gasteiger partial charge is 0.373 e. The highest BCUT2D eigenvalue weighted by molar-refractivity contribution is 5.86. The molecule has 1 aliphatic heterocycles. The Morgan fingerprint density at radius 1 is 1.06 bits per heavy atom. The summed E-state index contributed by atoms with van der Waals surface area (Å²) in [5.41, 5.74) is 0.371. The molecule has 3 aromatic rings. The van der Waals surface area contributed by atoms with Crippen molar-refractivity contribution in [3.8, 4) is 23.7 Å². The van der Waals surface area contributed by atoms with Gasteiger partial charge in [-0.3, -0.25) is 0 Å². The van der Waals surface area contributed by atoms with Crippen molar-refractivity contribution in [3.05, 3.63) is 83.5 Å². The Morgan fingerprint density at radius 2 is 1.83 bits per heavy atom. The fourth-order valence-electron chi connectivity index (χ4n) is 3.84. The minimum absolute atomic E-state index is 0.0610. The molecule has 3 nitrogen and oxygen atoms in total. The van der Waals surface area contributed by atoms with E-state index < -0.39 is 23.4 Å². The lowest BCUT2D eigenvalue weighted by molar-refractivity contribution is -0.0696.